The van der Waals surface area contributed by atoms with E-state index in [1.54, 1.807) is 4.68 Å². The number of carbonyl (C=O) groups is 1. The fourth-order valence-corrected chi connectivity index (χ4v) is 3.15. The average Bonchev–Trinajstić information content (AvgIpc) is 2.89. The lowest BCUT2D eigenvalue weighted by atomic mass is 9.92. The van der Waals surface area contributed by atoms with Crippen molar-refractivity contribution in [1.29, 1.82) is 0 Å². The summed E-state index contributed by atoms with van der Waals surface area (Å²) < 4.78 is 1.73. The van der Waals surface area contributed by atoms with Crippen molar-refractivity contribution in [3.05, 3.63) is 29.7 Å². The molecule has 8 nitrogen and oxygen atoms in total. The molecule has 2 amide bonds. The molecule has 0 aromatic carbocycles. The summed E-state index contributed by atoms with van der Waals surface area (Å²) in [6.45, 7) is 11.3. The van der Waals surface area contributed by atoms with E-state index in [9.17, 15) is 4.79 Å². The van der Waals surface area contributed by atoms with Gasteiger partial charge in [0.25, 0.3) is 0 Å². The third-order valence-corrected chi connectivity index (χ3v) is 5.05. The van der Waals surface area contributed by atoms with Crippen molar-refractivity contribution in [2.45, 2.75) is 46.0 Å². The SMILES string of the molecule is CCc1cnc(N2CCCN(C(=O)Nc3cc(C(C)(C)C)nn3C)CC2)nc1. The van der Waals surface area contributed by atoms with Crippen molar-refractivity contribution in [2.75, 3.05) is 36.4 Å². The van der Waals surface area contributed by atoms with Crippen LogP contribution < -0.4 is 10.2 Å². The molecule has 28 heavy (non-hydrogen) atoms. The van der Waals surface area contributed by atoms with E-state index in [4.69, 9.17) is 0 Å². The molecular formula is C20H31N7O. The molecule has 1 aliphatic rings. The number of nitrogens with one attached hydrogen (secondary N) is 1. The number of amides is 2. The number of aromatic nitrogens is 4. The van der Waals surface area contributed by atoms with Crippen molar-refractivity contribution in [1.82, 2.24) is 24.6 Å². The van der Waals surface area contributed by atoms with Crippen LogP contribution in [0.1, 0.15) is 45.4 Å². The third-order valence-electron chi connectivity index (χ3n) is 5.05. The zero-order valence-corrected chi connectivity index (χ0v) is 17.6. The highest BCUT2D eigenvalue weighted by Gasteiger charge is 2.23. The monoisotopic (exact) mass is 385 g/mol. The van der Waals surface area contributed by atoms with E-state index in [2.05, 4.69) is 53.0 Å². The van der Waals surface area contributed by atoms with Gasteiger partial charge in [0.15, 0.2) is 0 Å². The van der Waals surface area contributed by atoms with Gasteiger partial charge in [0.1, 0.15) is 5.82 Å². The second kappa shape index (κ2) is 8.16. The Morgan fingerprint density at radius 1 is 1.14 bits per heavy atom. The van der Waals surface area contributed by atoms with Crippen LogP contribution in [-0.4, -0.2) is 56.9 Å². The first-order valence-corrected chi connectivity index (χ1v) is 9.94. The first-order chi connectivity index (χ1) is 13.3. The molecule has 0 aliphatic carbocycles. The van der Waals surface area contributed by atoms with Crippen LogP contribution in [0.5, 0.6) is 0 Å². The number of hydrogen-bond donors (Lipinski definition) is 1. The fraction of sp³-hybridized carbons (Fsp3) is 0.600. The van der Waals surface area contributed by atoms with Gasteiger partial charge in [-0.25, -0.2) is 14.8 Å². The fourth-order valence-electron chi connectivity index (χ4n) is 3.15. The molecular weight excluding hydrogens is 354 g/mol. The third kappa shape index (κ3) is 4.61. The van der Waals surface area contributed by atoms with Crippen molar-refractivity contribution in [2.24, 2.45) is 7.05 Å². The minimum atomic E-state index is -0.0902. The van der Waals surface area contributed by atoms with Gasteiger partial charge in [0, 0.05) is 57.1 Å². The standard InChI is InChI=1S/C20H31N7O/c1-6-15-13-21-18(22-14-15)26-8-7-9-27(11-10-26)19(28)23-17-12-16(20(2,3)4)24-25(17)5/h12-14H,6-11H2,1-5H3,(H,23,28). The molecule has 1 aliphatic heterocycles. The summed E-state index contributed by atoms with van der Waals surface area (Å²) in [7, 11) is 1.85. The highest BCUT2D eigenvalue weighted by molar-refractivity contribution is 5.88. The highest BCUT2D eigenvalue weighted by atomic mass is 16.2. The predicted octanol–water partition coefficient (Wildman–Crippen LogP) is 2.81. The Morgan fingerprint density at radius 3 is 2.46 bits per heavy atom. The van der Waals surface area contributed by atoms with Crippen molar-refractivity contribution >= 4 is 17.8 Å². The number of urea groups is 1. The largest absolute Gasteiger partial charge is 0.339 e. The normalized spacial score (nSPS) is 15.5. The van der Waals surface area contributed by atoms with E-state index < -0.39 is 0 Å². The van der Waals surface area contributed by atoms with Crippen molar-refractivity contribution < 1.29 is 4.79 Å². The molecule has 3 heterocycles. The maximum atomic E-state index is 12.8. The Morgan fingerprint density at radius 2 is 1.86 bits per heavy atom. The number of carbonyl (C=O) groups excluding carboxylic acids is 1. The topological polar surface area (TPSA) is 79.2 Å². The lowest BCUT2D eigenvalue weighted by molar-refractivity contribution is 0.215. The van der Waals surface area contributed by atoms with Crippen molar-refractivity contribution in [3.63, 3.8) is 0 Å². The summed E-state index contributed by atoms with van der Waals surface area (Å²) in [4.78, 5) is 25.7. The molecule has 0 saturated carbocycles. The molecule has 0 radical (unpaired) electrons. The van der Waals surface area contributed by atoms with Gasteiger partial charge >= 0.3 is 6.03 Å². The minimum Gasteiger partial charge on any atom is -0.339 e. The van der Waals surface area contributed by atoms with Gasteiger partial charge in [-0.15, -0.1) is 0 Å². The smallest absolute Gasteiger partial charge is 0.323 e. The molecule has 0 unspecified atom stereocenters. The van der Waals surface area contributed by atoms with E-state index in [1.165, 1.54) is 0 Å². The molecule has 0 atom stereocenters. The van der Waals surface area contributed by atoms with Crippen LogP contribution in [0.15, 0.2) is 18.5 Å². The molecule has 2 aromatic heterocycles. The van der Waals surface area contributed by atoms with Crippen molar-refractivity contribution in [3.8, 4) is 0 Å². The van der Waals surface area contributed by atoms with Gasteiger partial charge in [-0.2, -0.15) is 5.10 Å². The molecule has 1 saturated heterocycles. The second-order valence-corrected chi connectivity index (χ2v) is 8.29. The van der Waals surface area contributed by atoms with Crippen LogP contribution in [0, 0.1) is 0 Å². The summed E-state index contributed by atoms with van der Waals surface area (Å²) in [5.41, 5.74) is 2.03. The summed E-state index contributed by atoms with van der Waals surface area (Å²) in [5, 5.41) is 7.53. The van der Waals surface area contributed by atoms with Crippen LogP contribution in [-0.2, 0) is 18.9 Å². The Balaban J connectivity index is 1.62. The molecule has 0 bridgehead atoms. The van der Waals surface area contributed by atoms with Crippen LogP contribution in [0.25, 0.3) is 0 Å². The minimum absolute atomic E-state index is 0.0584. The van der Waals surface area contributed by atoms with Gasteiger partial charge < -0.3 is 9.80 Å². The number of aryl methyl sites for hydroxylation is 2. The van der Waals surface area contributed by atoms with Gasteiger partial charge in [0.05, 0.1) is 5.69 Å². The van der Waals surface area contributed by atoms with Gasteiger partial charge in [-0.3, -0.25) is 10.00 Å². The van der Waals surface area contributed by atoms with Gasteiger partial charge in [0.2, 0.25) is 5.95 Å². The Labute approximate surface area is 167 Å². The maximum absolute atomic E-state index is 12.8. The Bertz CT molecular complexity index is 807. The second-order valence-electron chi connectivity index (χ2n) is 8.29. The van der Waals surface area contributed by atoms with Crippen LogP contribution in [0.2, 0.25) is 0 Å². The van der Waals surface area contributed by atoms with Crippen LogP contribution in [0.3, 0.4) is 0 Å². The summed E-state index contributed by atoms with van der Waals surface area (Å²) in [6, 6.07) is 1.86. The number of rotatable bonds is 3. The number of anilines is 2. The first kappa shape index (κ1) is 20.1. The highest BCUT2D eigenvalue weighted by Crippen LogP contribution is 2.23. The van der Waals surface area contributed by atoms with E-state index in [0.29, 0.717) is 13.1 Å². The summed E-state index contributed by atoms with van der Waals surface area (Å²) >= 11 is 0. The summed E-state index contributed by atoms with van der Waals surface area (Å²) in [6.07, 6.45) is 5.57. The quantitative estimate of drug-likeness (QED) is 0.879. The Hall–Kier alpha value is -2.64. The molecule has 1 fully saturated rings. The van der Waals surface area contributed by atoms with Gasteiger partial charge in [-0.1, -0.05) is 27.7 Å². The number of hydrogen-bond acceptors (Lipinski definition) is 5. The van der Waals surface area contributed by atoms with Gasteiger partial charge in [-0.05, 0) is 18.4 Å². The molecule has 1 N–H and O–H groups in total. The summed E-state index contributed by atoms with van der Waals surface area (Å²) in [5.74, 6) is 1.45. The molecule has 2 aromatic rings. The number of nitrogens with zero attached hydrogens (tertiary/aromatic N) is 6. The van der Waals surface area contributed by atoms with E-state index in [-0.39, 0.29) is 11.4 Å². The zero-order valence-electron chi connectivity index (χ0n) is 17.6. The van der Waals surface area contributed by atoms with Crippen LogP contribution in [0.4, 0.5) is 16.6 Å². The molecule has 8 heteroatoms. The zero-order chi connectivity index (χ0) is 20.3. The molecule has 3 rings (SSSR count). The Kier molecular flexibility index (Phi) is 5.86. The lowest BCUT2D eigenvalue weighted by Crippen LogP contribution is -2.38. The predicted molar refractivity (Wildman–Crippen MR) is 111 cm³/mol. The van der Waals surface area contributed by atoms with Crippen LogP contribution >= 0.6 is 0 Å². The molecule has 152 valence electrons. The van der Waals surface area contributed by atoms with E-state index >= 15 is 0 Å². The first-order valence-electron chi connectivity index (χ1n) is 9.94. The van der Waals surface area contributed by atoms with E-state index in [0.717, 1.165) is 49.0 Å². The average molecular weight is 386 g/mol. The lowest BCUT2D eigenvalue weighted by Gasteiger charge is -2.22. The maximum Gasteiger partial charge on any atom is 0.323 e. The molecule has 0 spiro atoms. The van der Waals surface area contributed by atoms with E-state index in [1.807, 2.05) is 30.4 Å².